The number of amides is 2. The van der Waals surface area contributed by atoms with Gasteiger partial charge in [0.1, 0.15) is 6.04 Å². The molecule has 134 valence electrons. The van der Waals surface area contributed by atoms with E-state index in [9.17, 15) is 9.59 Å². The number of rotatable bonds is 3. The molecule has 2 atom stereocenters. The highest BCUT2D eigenvalue weighted by Crippen LogP contribution is 2.59. The van der Waals surface area contributed by atoms with Crippen molar-refractivity contribution < 1.29 is 9.59 Å². The fraction of sp³-hybridized carbons (Fsp3) is 0.600. The summed E-state index contributed by atoms with van der Waals surface area (Å²) >= 11 is 0. The average molecular weight is 341 g/mol. The van der Waals surface area contributed by atoms with Gasteiger partial charge in [-0.25, -0.2) is 0 Å². The summed E-state index contributed by atoms with van der Waals surface area (Å²) in [5.74, 6) is 0.364. The Morgan fingerprint density at radius 2 is 1.96 bits per heavy atom. The van der Waals surface area contributed by atoms with E-state index < -0.39 is 0 Å². The van der Waals surface area contributed by atoms with Crippen molar-refractivity contribution in [1.82, 2.24) is 10.2 Å². The van der Waals surface area contributed by atoms with Crippen molar-refractivity contribution in [2.75, 3.05) is 31.6 Å². The predicted octanol–water partition coefficient (Wildman–Crippen LogP) is 2.03. The first-order valence-corrected chi connectivity index (χ1v) is 9.46. The van der Waals surface area contributed by atoms with Crippen LogP contribution in [-0.2, 0) is 9.59 Å². The van der Waals surface area contributed by atoms with Crippen molar-refractivity contribution in [3.05, 3.63) is 30.3 Å². The lowest BCUT2D eigenvalue weighted by Gasteiger charge is -2.37. The Morgan fingerprint density at radius 1 is 1.24 bits per heavy atom. The number of anilines is 1. The second kappa shape index (κ2) is 6.45. The molecule has 0 radical (unpaired) electrons. The number of nitrogens with one attached hydrogen (secondary N) is 1. The first kappa shape index (κ1) is 16.6. The number of carbonyl (C=O) groups is 2. The maximum atomic E-state index is 13.0. The molecule has 0 aromatic heterocycles. The number of hydrogen-bond donors (Lipinski definition) is 1. The van der Waals surface area contributed by atoms with Crippen LogP contribution in [-0.4, -0.2) is 49.4 Å². The molecule has 2 amide bonds. The molecule has 1 saturated carbocycles. The summed E-state index contributed by atoms with van der Waals surface area (Å²) in [5.41, 5.74) is 1.15. The summed E-state index contributed by atoms with van der Waals surface area (Å²) in [5, 5.41) is 3.38. The molecule has 2 saturated heterocycles. The molecule has 3 aliphatic rings. The summed E-state index contributed by atoms with van der Waals surface area (Å²) in [4.78, 5) is 29.6. The van der Waals surface area contributed by atoms with Crippen LogP contribution in [0.1, 0.15) is 32.1 Å². The van der Waals surface area contributed by atoms with Crippen LogP contribution < -0.4 is 10.2 Å². The Kier molecular flexibility index (Phi) is 4.28. The highest BCUT2D eigenvalue weighted by molar-refractivity contribution is 6.00. The van der Waals surface area contributed by atoms with Crippen molar-refractivity contribution in [3.8, 4) is 0 Å². The molecular formula is C20H27N3O2. The van der Waals surface area contributed by atoms with E-state index in [1.54, 1.807) is 4.90 Å². The van der Waals surface area contributed by atoms with Crippen molar-refractivity contribution in [2.45, 2.75) is 38.1 Å². The fourth-order valence-corrected chi connectivity index (χ4v) is 4.65. The third kappa shape index (κ3) is 2.95. The molecule has 2 unspecified atom stereocenters. The third-order valence-corrected chi connectivity index (χ3v) is 6.38. The molecule has 1 aromatic carbocycles. The normalized spacial score (nSPS) is 28.0. The molecule has 1 spiro atoms. The first-order chi connectivity index (χ1) is 12.1. The molecule has 2 heterocycles. The lowest BCUT2D eigenvalue weighted by atomic mass is 9.91. The van der Waals surface area contributed by atoms with E-state index in [1.165, 1.54) is 0 Å². The van der Waals surface area contributed by atoms with Gasteiger partial charge in [-0.15, -0.1) is 0 Å². The number of hydrogen-bond acceptors (Lipinski definition) is 3. The standard InChI is InChI=1S/C20H27N3O2/c1-22(18(24)16-14-20(16)9-11-21-12-10-20)17-8-5-13-23(19(17)25)15-6-3-2-4-7-15/h2-4,6-7,16-17,21H,5,8-14H2,1H3. The quantitative estimate of drug-likeness (QED) is 0.915. The van der Waals surface area contributed by atoms with Gasteiger partial charge in [0, 0.05) is 25.2 Å². The molecule has 5 heteroatoms. The zero-order valence-corrected chi connectivity index (χ0v) is 14.9. The van der Waals surface area contributed by atoms with Crippen LogP contribution in [0, 0.1) is 11.3 Å². The van der Waals surface area contributed by atoms with Crippen molar-refractivity contribution in [1.29, 1.82) is 0 Å². The van der Waals surface area contributed by atoms with Gasteiger partial charge < -0.3 is 15.1 Å². The number of para-hydroxylation sites is 1. The molecule has 1 aliphatic carbocycles. The minimum Gasteiger partial charge on any atom is -0.333 e. The summed E-state index contributed by atoms with van der Waals surface area (Å²) in [6, 6.07) is 9.47. The van der Waals surface area contributed by atoms with Crippen molar-refractivity contribution in [2.24, 2.45) is 11.3 Å². The second-order valence-electron chi connectivity index (χ2n) is 7.80. The minimum absolute atomic E-state index is 0.0633. The van der Waals surface area contributed by atoms with Crippen LogP contribution in [0.3, 0.4) is 0 Å². The molecule has 1 N–H and O–H groups in total. The van der Waals surface area contributed by atoms with Gasteiger partial charge in [-0.1, -0.05) is 18.2 Å². The summed E-state index contributed by atoms with van der Waals surface area (Å²) < 4.78 is 0. The van der Waals surface area contributed by atoms with E-state index in [4.69, 9.17) is 0 Å². The SMILES string of the molecule is CN(C(=O)C1CC12CCNCC2)C1CCCN(c2ccccc2)C1=O. The maximum absolute atomic E-state index is 13.0. The topological polar surface area (TPSA) is 52.7 Å². The van der Waals surface area contributed by atoms with E-state index in [0.717, 1.165) is 57.4 Å². The van der Waals surface area contributed by atoms with E-state index in [2.05, 4.69) is 5.32 Å². The van der Waals surface area contributed by atoms with Gasteiger partial charge in [0.25, 0.3) is 0 Å². The highest BCUT2D eigenvalue weighted by Gasteiger charge is 2.59. The monoisotopic (exact) mass is 341 g/mol. The Hall–Kier alpha value is -1.88. The van der Waals surface area contributed by atoms with E-state index in [-0.39, 0.29) is 29.2 Å². The van der Waals surface area contributed by atoms with Gasteiger partial charge in [-0.05, 0) is 62.7 Å². The number of carbonyl (C=O) groups excluding carboxylic acids is 2. The molecule has 1 aromatic rings. The number of benzene rings is 1. The smallest absolute Gasteiger partial charge is 0.249 e. The van der Waals surface area contributed by atoms with Gasteiger partial charge >= 0.3 is 0 Å². The van der Waals surface area contributed by atoms with E-state index >= 15 is 0 Å². The van der Waals surface area contributed by atoms with Crippen molar-refractivity contribution >= 4 is 17.5 Å². The number of piperidine rings is 2. The van der Waals surface area contributed by atoms with E-state index in [1.807, 2.05) is 42.3 Å². The molecule has 25 heavy (non-hydrogen) atoms. The Bertz CT molecular complexity index is 654. The number of likely N-dealkylation sites (N-methyl/N-ethyl adjacent to an activating group) is 1. The van der Waals surface area contributed by atoms with Crippen LogP contribution in [0.15, 0.2) is 30.3 Å². The lowest BCUT2D eigenvalue weighted by Crippen LogP contribution is -2.53. The molecule has 2 aliphatic heterocycles. The van der Waals surface area contributed by atoms with Gasteiger partial charge in [0.05, 0.1) is 0 Å². The lowest BCUT2D eigenvalue weighted by molar-refractivity contribution is -0.140. The summed E-state index contributed by atoms with van der Waals surface area (Å²) in [7, 11) is 1.83. The summed E-state index contributed by atoms with van der Waals surface area (Å²) in [6.07, 6.45) is 4.88. The Labute approximate surface area is 149 Å². The average Bonchev–Trinajstić information content (AvgIpc) is 3.34. The number of nitrogens with zero attached hydrogens (tertiary/aromatic N) is 2. The van der Waals surface area contributed by atoms with Crippen LogP contribution in [0.25, 0.3) is 0 Å². The van der Waals surface area contributed by atoms with Gasteiger partial charge in [-0.3, -0.25) is 9.59 Å². The summed E-state index contributed by atoms with van der Waals surface area (Å²) in [6.45, 7) is 2.76. The molecule has 4 rings (SSSR count). The second-order valence-corrected chi connectivity index (χ2v) is 7.80. The van der Waals surface area contributed by atoms with Gasteiger partial charge in [0.2, 0.25) is 11.8 Å². The molecule has 5 nitrogen and oxygen atoms in total. The van der Waals surface area contributed by atoms with Crippen LogP contribution in [0.5, 0.6) is 0 Å². The largest absolute Gasteiger partial charge is 0.333 e. The molecule has 0 bridgehead atoms. The highest BCUT2D eigenvalue weighted by atomic mass is 16.2. The minimum atomic E-state index is -0.319. The van der Waals surface area contributed by atoms with Crippen molar-refractivity contribution in [3.63, 3.8) is 0 Å². The third-order valence-electron chi connectivity index (χ3n) is 6.38. The Morgan fingerprint density at radius 3 is 2.68 bits per heavy atom. The zero-order valence-electron chi connectivity index (χ0n) is 14.9. The van der Waals surface area contributed by atoms with Crippen LogP contribution in [0.4, 0.5) is 5.69 Å². The Balaban J connectivity index is 1.45. The van der Waals surface area contributed by atoms with Gasteiger partial charge in [-0.2, -0.15) is 0 Å². The van der Waals surface area contributed by atoms with Crippen LogP contribution in [0.2, 0.25) is 0 Å². The van der Waals surface area contributed by atoms with Crippen LogP contribution >= 0.6 is 0 Å². The van der Waals surface area contributed by atoms with E-state index in [0.29, 0.717) is 0 Å². The molecule has 3 fully saturated rings. The molecular weight excluding hydrogens is 314 g/mol. The fourth-order valence-electron chi connectivity index (χ4n) is 4.65. The van der Waals surface area contributed by atoms with Gasteiger partial charge in [0.15, 0.2) is 0 Å². The predicted molar refractivity (Wildman–Crippen MR) is 97.2 cm³/mol. The zero-order chi connectivity index (χ0) is 17.4. The maximum Gasteiger partial charge on any atom is 0.249 e. The first-order valence-electron chi connectivity index (χ1n) is 9.46.